The molecule has 0 saturated heterocycles. The third kappa shape index (κ3) is 28.0. The molecule has 57 heavy (non-hydrogen) atoms. The predicted octanol–water partition coefficient (Wildman–Crippen LogP) is 12.2. The Morgan fingerprint density at radius 2 is 0.877 bits per heavy atom. The highest BCUT2D eigenvalue weighted by atomic mass is 16.6. The van der Waals surface area contributed by atoms with Crippen molar-refractivity contribution in [2.24, 2.45) is 23.2 Å². The molecule has 9 nitrogen and oxygen atoms in total. The van der Waals surface area contributed by atoms with Crippen molar-refractivity contribution >= 4 is 23.9 Å². The Kier molecular flexibility index (Phi) is 34.4. The normalized spacial score (nSPS) is 12.9. The van der Waals surface area contributed by atoms with E-state index >= 15 is 0 Å². The van der Waals surface area contributed by atoms with Crippen LogP contribution in [0.2, 0.25) is 0 Å². The molecule has 0 spiro atoms. The molecule has 0 heterocycles. The van der Waals surface area contributed by atoms with Gasteiger partial charge < -0.3 is 23.8 Å². The first-order valence-electron chi connectivity index (χ1n) is 23.8. The van der Waals surface area contributed by atoms with E-state index in [1.165, 1.54) is 0 Å². The van der Waals surface area contributed by atoms with E-state index in [1.807, 2.05) is 21.0 Å². The molecule has 0 N–H and O–H groups in total. The van der Waals surface area contributed by atoms with Crippen molar-refractivity contribution in [3.05, 3.63) is 0 Å². The summed E-state index contributed by atoms with van der Waals surface area (Å²) in [6.07, 6.45) is 22.1. The number of ether oxygens (including phenoxy) is 4. The highest BCUT2D eigenvalue weighted by Gasteiger charge is 2.42. The molecule has 0 radical (unpaired) electrons. The molecule has 0 rings (SSSR count). The van der Waals surface area contributed by atoms with Crippen LogP contribution in [0.1, 0.15) is 215 Å². The van der Waals surface area contributed by atoms with Gasteiger partial charge in [0.1, 0.15) is 19.8 Å². The van der Waals surface area contributed by atoms with Gasteiger partial charge in [-0.25, -0.2) is 0 Å². The fourth-order valence-electron chi connectivity index (χ4n) is 7.54. The maximum absolute atomic E-state index is 14.0. The van der Waals surface area contributed by atoms with Crippen molar-refractivity contribution in [1.29, 1.82) is 0 Å². The minimum Gasteiger partial charge on any atom is -0.465 e. The second-order valence-corrected chi connectivity index (χ2v) is 17.4. The Balaban J connectivity index is 6.92. The van der Waals surface area contributed by atoms with Crippen LogP contribution in [0, 0.1) is 23.2 Å². The molecule has 0 aromatic rings. The van der Waals surface area contributed by atoms with Crippen LogP contribution in [0.5, 0.6) is 0 Å². The monoisotopic (exact) mass is 810 g/mol. The topological polar surface area (TPSA) is 108 Å². The molecule has 2 atom stereocenters. The summed E-state index contributed by atoms with van der Waals surface area (Å²) < 4.78 is 24.7. The van der Waals surface area contributed by atoms with Crippen LogP contribution < -0.4 is 0 Å². The molecule has 0 saturated carbocycles. The third-order valence-corrected chi connectivity index (χ3v) is 11.3. The molecule has 0 aliphatic heterocycles. The van der Waals surface area contributed by atoms with Crippen molar-refractivity contribution in [3.63, 3.8) is 0 Å². The van der Waals surface area contributed by atoms with Crippen molar-refractivity contribution in [2.45, 2.75) is 222 Å². The van der Waals surface area contributed by atoms with Crippen molar-refractivity contribution in [1.82, 2.24) is 4.90 Å². The lowest BCUT2D eigenvalue weighted by Crippen LogP contribution is -2.43. The highest BCUT2D eigenvalue weighted by molar-refractivity contribution is 5.74. The zero-order valence-corrected chi connectivity index (χ0v) is 38.7. The first-order valence-corrected chi connectivity index (χ1v) is 23.8. The second kappa shape index (κ2) is 35.8. The van der Waals surface area contributed by atoms with Crippen LogP contribution in [0.3, 0.4) is 0 Å². The van der Waals surface area contributed by atoms with Gasteiger partial charge in [0.15, 0.2) is 0 Å². The van der Waals surface area contributed by atoms with Gasteiger partial charge in [-0.1, -0.05) is 144 Å². The van der Waals surface area contributed by atoms with Gasteiger partial charge in [-0.2, -0.15) is 0 Å². The van der Waals surface area contributed by atoms with Crippen LogP contribution in [0.25, 0.3) is 0 Å². The Morgan fingerprint density at radius 3 is 1.26 bits per heavy atom. The summed E-state index contributed by atoms with van der Waals surface area (Å²) in [5.74, 6) is -2.15. The maximum atomic E-state index is 14.0. The number of carbonyl (C=O) groups is 4. The van der Waals surface area contributed by atoms with Gasteiger partial charge in [0.2, 0.25) is 0 Å². The minimum absolute atomic E-state index is 0.108. The Hall–Kier alpha value is -2.16. The Labute approximate surface area is 351 Å². The summed E-state index contributed by atoms with van der Waals surface area (Å²) in [4.78, 5) is 57.4. The highest BCUT2D eigenvalue weighted by Crippen LogP contribution is 2.34. The van der Waals surface area contributed by atoms with Gasteiger partial charge >= 0.3 is 23.9 Å². The molecule has 0 aliphatic rings. The van der Waals surface area contributed by atoms with E-state index in [0.717, 1.165) is 148 Å². The maximum Gasteiger partial charge on any atom is 0.309 e. The van der Waals surface area contributed by atoms with Gasteiger partial charge in [0, 0.05) is 6.42 Å². The van der Waals surface area contributed by atoms with E-state index in [9.17, 15) is 19.2 Å². The molecular formula is C48H91NO8. The number of rotatable bonds is 39. The lowest BCUT2D eigenvalue weighted by molar-refractivity contribution is -0.170. The number of hydrogen-bond acceptors (Lipinski definition) is 9. The van der Waals surface area contributed by atoms with E-state index in [2.05, 4.69) is 46.4 Å². The van der Waals surface area contributed by atoms with Gasteiger partial charge in [-0.3, -0.25) is 19.2 Å². The standard InChI is InChI=1S/C48H91NO8/c1-10-16-21-29-41(30-22-17-11-2)45(51)55-38-48(37-54-44(50)34-26-27-35-49(8)9,36-43(33-25-20-14-5)47(53)57-40(7)28-15-6)39-56-46(52)42(31-23-18-12-3)32-24-19-13-4/h40-43H,10-39H2,1-9H3. The van der Waals surface area contributed by atoms with Crippen LogP contribution in [-0.2, 0) is 38.1 Å². The summed E-state index contributed by atoms with van der Waals surface area (Å²) in [6.45, 7) is 15.3. The Bertz CT molecular complexity index is 956. The van der Waals surface area contributed by atoms with Crippen molar-refractivity contribution in [2.75, 3.05) is 40.5 Å². The lowest BCUT2D eigenvalue weighted by Gasteiger charge is -2.36. The first kappa shape index (κ1) is 54.8. The van der Waals surface area contributed by atoms with E-state index in [0.29, 0.717) is 12.8 Å². The summed E-state index contributed by atoms with van der Waals surface area (Å²) in [5, 5.41) is 0. The molecular weight excluding hydrogens is 719 g/mol. The minimum atomic E-state index is -1.12. The van der Waals surface area contributed by atoms with Gasteiger partial charge in [0.25, 0.3) is 0 Å². The van der Waals surface area contributed by atoms with Gasteiger partial charge in [-0.05, 0) is 85.4 Å². The van der Waals surface area contributed by atoms with E-state index < -0.39 is 11.3 Å². The zero-order valence-electron chi connectivity index (χ0n) is 38.7. The SMILES string of the molecule is CCCCCC(CCCCC)C(=O)OCC(COC(=O)CCCCN(C)C)(COC(=O)C(CCCCC)CCCCC)CC(CCCCC)C(=O)OC(C)CCC. The van der Waals surface area contributed by atoms with Crippen molar-refractivity contribution in [3.8, 4) is 0 Å². The second-order valence-electron chi connectivity index (χ2n) is 17.4. The van der Waals surface area contributed by atoms with Crippen LogP contribution >= 0.6 is 0 Å². The molecule has 0 aromatic carbocycles. The van der Waals surface area contributed by atoms with Crippen LogP contribution in [0.4, 0.5) is 0 Å². The summed E-state index contributed by atoms with van der Waals surface area (Å²) in [5.41, 5.74) is -1.12. The molecule has 0 bridgehead atoms. The largest absolute Gasteiger partial charge is 0.465 e. The number of hydrogen-bond donors (Lipinski definition) is 0. The van der Waals surface area contributed by atoms with E-state index in [4.69, 9.17) is 18.9 Å². The van der Waals surface area contributed by atoms with Crippen molar-refractivity contribution < 1.29 is 38.1 Å². The molecule has 336 valence electrons. The fraction of sp³-hybridized carbons (Fsp3) is 0.917. The number of carbonyl (C=O) groups excluding carboxylic acids is 4. The number of nitrogens with zero attached hydrogens (tertiary/aromatic N) is 1. The zero-order chi connectivity index (χ0) is 42.7. The third-order valence-electron chi connectivity index (χ3n) is 11.3. The first-order chi connectivity index (χ1) is 27.4. The molecule has 0 amide bonds. The summed E-state index contributed by atoms with van der Waals surface area (Å²) >= 11 is 0. The number of esters is 4. The quantitative estimate of drug-likeness (QED) is 0.0340. The average Bonchev–Trinajstić information content (AvgIpc) is 3.18. The predicted molar refractivity (Wildman–Crippen MR) is 234 cm³/mol. The molecule has 9 heteroatoms. The summed E-state index contributed by atoms with van der Waals surface area (Å²) in [6, 6.07) is 0. The van der Waals surface area contributed by atoms with Crippen LogP contribution in [0.15, 0.2) is 0 Å². The summed E-state index contributed by atoms with van der Waals surface area (Å²) in [7, 11) is 4.02. The smallest absolute Gasteiger partial charge is 0.309 e. The fourth-order valence-corrected chi connectivity index (χ4v) is 7.54. The number of unbranched alkanes of at least 4 members (excludes halogenated alkanes) is 11. The Morgan fingerprint density at radius 1 is 0.474 bits per heavy atom. The van der Waals surface area contributed by atoms with E-state index in [1.54, 1.807) is 0 Å². The lowest BCUT2D eigenvalue weighted by atomic mass is 9.78. The molecule has 0 fully saturated rings. The average molecular weight is 810 g/mol. The van der Waals surface area contributed by atoms with Crippen LogP contribution in [-0.4, -0.2) is 75.3 Å². The molecule has 0 aliphatic carbocycles. The molecule has 2 unspecified atom stereocenters. The van der Waals surface area contributed by atoms with E-state index in [-0.39, 0.29) is 74.5 Å². The van der Waals surface area contributed by atoms with Gasteiger partial charge in [-0.15, -0.1) is 0 Å². The van der Waals surface area contributed by atoms with Gasteiger partial charge in [0.05, 0.1) is 29.3 Å². The molecule has 0 aromatic heterocycles.